The van der Waals surface area contributed by atoms with Crippen LogP contribution in [0.4, 0.5) is 0 Å². The summed E-state index contributed by atoms with van der Waals surface area (Å²) in [5, 5.41) is 0. The predicted molar refractivity (Wildman–Crippen MR) is 96.0 cm³/mol. The van der Waals surface area contributed by atoms with Crippen molar-refractivity contribution in [1.82, 2.24) is 0 Å². The second-order valence-electron chi connectivity index (χ2n) is 6.12. The van der Waals surface area contributed by atoms with Crippen LogP contribution in [0.5, 0.6) is 0 Å². The van der Waals surface area contributed by atoms with Gasteiger partial charge in [0.25, 0.3) is 0 Å². The van der Waals surface area contributed by atoms with Gasteiger partial charge >= 0.3 is 0 Å². The molecule has 3 aromatic carbocycles. The van der Waals surface area contributed by atoms with Crippen LogP contribution in [0.2, 0.25) is 0 Å². The molecule has 0 heterocycles. The van der Waals surface area contributed by atoms with Gasteiger partial charge in [0.05, 0.1) is 0 Å². The number of carbonyl (C=O) groups is 1. The fraction of sp³-hybridized carbons (Fsp3) is 0.136. The quantitative estimate of drug-likeness (QED) is 0.583. The molecule has 0 amide bonds. The summed E-state index contributed by atoms with van der Waals surface area (Å²) in [5.74, 6) is 0.0726. The van der Waals surface area contributed by atoms with Crippen molar-refractivity contribution in [3.63, 3.8) is 0 Å². The van der Waals surface area contributed by atoms with E-state index < -0.39 is 0 Å². The lowest BCUT2D eigenvalue weighted by atomic mass is 9.91. The highest BCUT2D eigenvalue weighted by molar-refractivity contribution is 6.13. The van der Waals surface area contributed by atoms with Gasteiger partial charge in [-0.3, -0.25) is 4.79 Å². The molecule has 0 atom stereocenters. The standard InChI is InChI=1S/C22H20O/c1-15-9-10-20(19-12-16(2)11-17(3)13-19)21(14-15)22(23)18-7-5-4-6-8-18/h4-14H,1-3H3. The molecule has 0 saturated carbocycles. The van der Waals surface area contributed by atoms with Gasteiger partial charge in [0.2, 0.25) is 0 Å². The summed E-state index contributed by atoms with van der Waals surface area (Å²) in [4.78, 5) is 13.0. The number of ketones is 1. The molecule has 23 heavy (non-hydrogen) atoms. The van der Waals surface area contributed by atoms with Crippen molar-refractivity contribution in [1.29, 1.82) is 0 Å². The van der Waals surface area contributed by atoms with E-state index in [0.717, 1.165) is 27.8 Å². The van der Waals surface area contributed by atoms with Crippen molar-refractivity contribution in [2.24, 2.45) is 0 Å². The summed E-state index contributed by atoms with van der Waals surface area (Å²) in [6, 6.07) is 22.0. The topological polar surface area (TPSA) is 17.1 Å². The Labute approximate surface area is 137 Å². The Morgan fingerprint density at radius 3 is 2.00 bits per heavy atom. The van der Waals surface area contributed by atoms with Crippen LogP contribution in [0.15, 0.2) is 66.7 Å². The maximum absolute atomic E-state index is 13.0. The van der Waals surface area contributed by atoms with Gasteiger partial charge in [0.15, 0.2) is 5.78 Å². The van der Waals surface area contributed by atoms with Crippen molar-refractivity contribution >= 4 is 5.78 Å². The Hall–Kier alpha value is -2.67. The number of hydrogen-bond donors (Lipinski definition) is 0. The predicted octanol–water partition coefficient (Wildman–Crippen LogP) is 5.51. The highest BCUT2D eigenvalue weighted by atomic mass is 16.1. The largest absolute Gasteiger partial charge is 0.289 e. The molecule has 1 nitrogen and oxygen atoms in total. The highest BCUT2D eigenvalue weighted by Gasteiger charge is 2.15. The summed E-state index contributed by atoms with van der Waals surface area (Å²) >= 11 is 0. The molecule has 0 spiro atoms. The summed E-state index contributed by atoms with van der Waals surface area (Å²) in [5.41, 5.74) is 7.10. The molecule has 0 aromatic heterocycles. The van der Waals surface area contributed by atoms with Crippen molar-refractivity contribution in [3.05, 3.63) is 94.5 Å². The average molecular weight is 300 g/mol. The van der Waals surface area contributed by atoms with Crippen LogP contribution < -0.4 is 0 Å². The molecular weight excluding hydrogens is 280 g/mol. The minimum atomic E-state index is 0.0726. The molecule has 0 aliphatic carbocycles. The molecule has 0 aliphatic heterocycles. The minimum absolute atomic E-state index is 0.0726. The average Bonchev–Trinajstić information content (AvgIpc) is 2.54. The first kappa shape index (κ1) is 15.2. The van der Waals surface area contributed by atoms with E-state index in [9.17, 15) is 4.79 Å². The van der Waals surface area contributed by atoms with Crippen LogP contribution in [0.3, 0.4) is 0 Å². The summed E-state index contributed by atoms with van der Waals surface area (Å²) in [6.07, 6.45) is 0. The van der Waals surface area contributed by atoms with Crippen LogP contribution in [0, 0.1) is 20.8 Å². The van der Waals surface area contributed by atoms with Gasteiger partial charge in [0, 0.05) is 11.1 Å². The number of rotatable bonds is 3. The number of benzene rings is 3. The van der Waals surface area contributed by atoms with Crippen molar-refractivity contribution in [2.45, 2.75) is 20.8 Å². The van der Waals surface area contributed by atoms with Crippen molar-refractivity contribution < 1.29 is 4.79 Å². The lowest BCUT2D eigenvalue weighted by Gasteiger charge is -2.12. The number of carbonyl (C=O) groups excluding carboxylic acids is 1. The molecule has 0 bridgehead atoms. The Balaban J connectivity index is 2.17. The fourth-order valence-corrected chi connectivity index (χ4v) is 2.97. The van der Waals surface area contributed by atoms with Crippen LogP contribution in [-0.4, -0.2) is 5.78 Å². The molecule has 0 unspecified atom stereocenters. The zero-order valence-corrected chi connectivity index (χ0v) is 13.8. The molecule has 3 aromatic rings. The smallest absolute Gasteiger partial charge is 0.193 e. The van der Waals surface area contributed by atoms with E-state index in [0.29, 0.717) is 0 Å². The number of aryl methyl sites for hydroxylation is 3. The molecule has 3 rings (SSSR count). The Morgan fingerprint density at radius 2 is 1.35 bits per heavy atom. The van der Waals surface area contributed by atoms with Gasteiger partial charge in [0.1, 0.15) is 0 Å². The summed E-state index contributed by atoms with van der Waals surface area (Å²) in [7, 11) is 0. The Kier molecular flexibility index (Phi) is 4.12. The Morgan fingerprint density at radius 1 is 0.696 bits per heavy atom. The van der Waals surface area contributed by atoms with Crippen LogP contribution >= 0.6 is 0 Å². The lowest BCUT2D eigenvalue weighted by molar-refractivity contribution is 0.103. The zero-order valence-electron chi connectivity index (χ0n) is 13.8. The molecule has 0 N–H and O–H groups in total. The van der Waals surface area contributed by atoms with E-state index >= 15 is 0 Å². The minimum Gasteiger partial charge on any atom is -0.289 e. The van der Waals surface area contributed by atoms with Crippen molar-refractivity contribution in [3.8, 4) is 11.1 Å². The summed E-state index contributed by atoms with van der Waals surface area (Å²) < 4.78 is 0. The van der Waals surface area contributed by atoms with Crippen LogP contribution in [-0.2, 0) is 0 Å². The molecule has 114 valence electrons. The van der Waals surface area contributed by atoms with Crippen LogP contribution in [0.25, 0.3) is 11.1 Å². The molecule has 0 saturated heterocycles. The van der Waals surface area contributed by atoms with Gasteiger partial charge < -0.3 is 0 Å². The van der Waals surface area contributed by atoms with E-state index in [1.165, 1.54) is 11.1 Å². The van der Waals surface area contributed by atoms with Crippen molar-refractivity contribution in [2.75, 3.05) is 0 Å². The highest BCUT2D eigenvalue weighted by Crippen LogP contribution is 2.28. The second kappa shape index (κ2) is 6.21. The molecule has 0 fully saturated rings. The van der Waals surface area contributed by atoms with Gasteiger partial charge in [-0.05, 0) is 38.0 Å². The van der Waals surface area contributed by atoms with E-state index in [1.54, 1.807) is 0 Å². The van der Waals surface area contributed by atoms with E-state index in [2.05, 4.69) is 44.2 Å². The van der Waals surface area contributed by atoms with E-state index in [-0.39, 0.29) is 5.78 Å². The third-order valence-corrected chi connectivity index (χ3v) is 3.99. The summed E-state index contributed by atoms with van der Waals surface area (Å²) in [6.45, 7) is 6.19. The maximum atomic E-state index is 13.0. The monoisotopic (exact) mass is 300 g/mol. The van der Waals surface area contributed by atoms with Gasteiger partial charge in [-0.2, -0.15) is 0 Å². The molecule has 0 aliphatic rings. The fourth-order valence-electron chi connectivity index (χ4n) is 2.97. The lowest BCUT2D eigenvalue weighted by Crippen LogP contribution is -2.04. The van der Waals surface area contributed by atoms with Gasteiger partial charge in [-0.1, -0.05) is 77.4 Å². The SMILES string of the molecule is Cc1cc(C)cc(-c2ccc(C)cc2C(=O)c2ccccc2)c1. The molecule has 0 radical (unpaired) electrons. The first-order chi connectivity index (χ1) is 11.0. The van der Waals surface area contributed by atoms with Gasteiger partial charge in [-0.25, -0.2) is 0 Å². The Bertz CT molecular complexity index is 840. The normalized spacial score (nSPS) is 10.6. The molecule has 1 heteroatoms. The van der Waals surface area contributed by atoms with Crippen LogP contribution in [0.1, 0.15) is 32.6 Å². The third-order valence-electron chi connectivity index (χ3n) is 3.99. The third kappa shape index (κ3) is 3.24. The van der Waals surface area contributed by atoms with Gasteiger partial charge in [-0.15, -0.1) is 0 Å². The first-order valence-electron chi connectivity index (χ1n) is 7.83. The zero-order chi connectivity index (χ0) is 16.4. The number of hydrogen-bond acceptors (Lipinski definition) is 1. The van der Waals surface area contributed by atoms with E-state index in [4.69, 9.17) is 0 Å². The first-order valence-corrected chi connectivity index (χ1v) is 7.83. The molecular formula is C22H20O. The van der Waals surface area contributed by atoms with E-state index in [1.807, 2.05) is 43.3 Å². The maximum Gasteiger partial charge on any atom is 0.193 e. The second-order valence-corrected chi connectivity index (χ2v) is 6.12.